The molecule has 0 spiro atoms. The molecule has 1 aliphatic heterocycles. The van der Waals surface area contributed by atoms with Crippen molar-refractivity contribution < 1.29 is 23.7 Å². The highest BCUT2D eigenvalue weighted by molar-refractivity contribution is 6.00. The number of aromatic nitrogens is 3. The van der Waals surface area contributed by atoms with Crippen LogP contribution in [0.3, 0.4) is 0 Å². The van der Waals surface area contributed by atoms with Gasteiger partial charge in [-0.05, 0) is 41.7 Å². The summed E-state index contributed by atoms with van der Waals surface area (Å²) in [6, 6.07) is 10.9. The van der Waals surface area contributed by atoms with Crippen LogP contribution < -0.4 is 24.3 Å². The van der Waals surface area contributed by atoms with Gasteiger partial charge in [0.2, 0.25) is 11.7 Å². The highest BCUT2D eigenvalue weighted by atomic mass is 16.5. The molecule has 0 unspecified atom stereocenters. The third-order valence-electron chi connectivity index (χ3n) is 6.69. The van der Waals surface area contributed by atoms with Crippen molar-refractivity contribution in [3.63, 3.8) is 0 Å². The molecule has 1 atom stereocenters. The maximum Gasteiger partial charge on any atom is 0.226 e. The summed E-state index contributed by atoms with van der Waals surface area (Å²) < 4.78 is 23.6. The second kappa shape index (κ2) is 8.89. The SMILES string of the molecule is COc1ccc([C@@H]2C3=C(CC(C)(C)CC3=O)Nc3nc(-c4cc(OC)c(OC)c(OC)c4)nn32)cc1. The molecule has 1 N–H and O–H groups in total. The van der Waals surface area contributed by atoms with Gasteiger partial charge in [0.25, 0.3) is 0 Å². The number of Topliss-reactive ketones (excluding diaryl/α,β-unsaturated/α-hetero) is 1. The van der Waals surface area contributed by atoms with Crippen molar-refractivity contribution >= 4 is 11.7 Å². The van der Waals surface area contributed by atoms with E-state index in [1.165, 1.54) is 0 Å². The van der Waals surface area contributed by atoms with Gasteiger partial charge in [0.15, 0.2) is 23.1 Å². The Morgan fingerprint density at radius 1 is 0.944 bits per heavy atom. The first-order valence-electron chi connectivity index (χ1n) is 11.7. The number of hydrogen-bond donors (Lipinski definition) is 1. The van der Waals surface area contributed by atoms with Crippen molar-refractivity contribution in [2.45, 2.75) is 32.7 Å². The average Bonchev–Trinajstić information content (AvgIpc) is 3.29. The van der Waals surface area contributed by atoms with E-state index < -0.39 is 6.04 Å². The molecule has 2 aliphatic rings. The Labute approximate surface area is 210 Å². The highest BCUT2D eigenvalue weighted by Crippen LogP contribution is 2.46. The molecule has 0 radical (unpaired) electrons. The molecule has 0 fully saturated rings. The van der Waals surface area contributed by atoms with Gasteiger partial charge in [-0.2, -0.15) is 4.98 Å². The zero-order chi connectivity index (χ0) is 25.6. The number of carbonyl (C=O) groups is 1. The number of fused-ring (bicyclic) bond motifs is 1. The molecule has 1 aromatic heterocycles. The van der Waals surface area contributed by atoms with Gasteiger partial charge in [0, 0.05) is 23.3 Å². The van der Waals surface area contributed by atoms with E-state index >= 15 is 0 Å². The minimum Gasteiger partial charge on any atom is -0.497 e. The van der Waals surface area contributed by atoms with Crippen molar-refractivity contribution in [2.75, 3.05) is 33.8 Å². The molecular formula is C27H30N4O5. The van der Waals surface area contributed by atoms with Gasteiger partial charge in [0.1, 0.15) is 11.8 Å². The van der Waals surface area contributed by atoms with Gasteiger partial charge >= 0.3 is 0 Å². The Kier molecular flexibility index (Phi) is 5.86. The normalized spacial score (nSPS) is 18.2. The van der Waals surface area contributed by atoms with Gasteiger partial charge in [-0.15, -0.1) is 5.10 Å². The number of rotatable bonds is 6. The van der Waals surface area contributed by atoms with Crippen LogP contribution in [0.5, 0.6) is 23.0 Å². The molecule has 0 bridgehead atoms. The Morgan fingerprint density at radius 3 is 2.19 bits per heavy atom. The third kappa shape index (κ3) is 3.94. The largest absolute Gasteiger partial charge is 0.497 e. The highest BCUT2D eigenvalue weighted by Gasteiger charge is 2.42. The van der Waals surface area contributed by atoms with Crippen molar-refractivity contribution in [1.82, 2.24) is 14.8 Å². The maximum atomic E-state index is 13.4. The van der Waals surface area contributed by atoms with E-state index in [1.54, 1.807) is 33.1 Å². The molecular weight excluding hydrogens is 460 g/mol. The first-order chi connectivity index (χ1) is 17.3. The number of allylic oxidation sites excluding steroid dienone is 2. The lowest BCUT2D eigenvalue weighted by atomic mass is 9.73. The molecule has 0 saturated carbocycles. The summed E-state index contributed by atoms with van der Waals surface area (Å²) in [5, 5.41) is 8.28. The minimum absolute atomic E-state index is 0.116. The minimum atomic E-state index is -0.408. The zero-order valence-electron chi connectivity index (χ0n) is 21.3. The number of benzene rings is 2. The molecule has 36 heavy (non-hydrogen) atoms. The van der Waals surface area contributed by atoms with Gasteiger partial charge < -0.3 is 24.3 Å². The fourth-order valence-electron chi connectivity index (χ4n) is 5.04. The van der Waals surface area contributed by atoms with Crippen LogP contribution in [-0.4, -0.2) is 49.0 Å². The number of nitrogens with one attached hydrogen (secondary N) is 1. The predicted octanol–water partition coefficient (Wildman–Crippen LogP) is 4.64. The predicted molar refractivity (Wildman–Crippen MR) is 135 cm³/mol. The topological polar surface area (TPSA) is 96.7 Å². The first kappa shape index (κ1) is 23.7. The van der Waals surface area contributed by atoms with Crippen LogP contribution in [0.2, 0.25) is 0 Å². The molecule has 5 rings (SSSR count). The van der Waals surface area contributed by atoms with Gasteiger partial charge in [-0.3, -0.25) is 4.79 Å². The van der Waals surface area contributed by atoms with Crippen LogP contribution in [-0.2, 0) is 4.79 Å². The second-order valence-electron chi connectivity index (χ2n) is 9.75. The van der Waals surface area contributed by atoms with E-state index in [0.29, 0.717) is 41.0 Å². The Bertz CT molecular complexity index is 1330. The summed E-state index contributed by atoms with van der Waals surface area (Å²) in [7, 11) is 6.33. The van der Waals surface area contributed by atoms with Crippen molar-refractivity contribution in [2.24, 2.45) is 5.41 Å². The summed E-state index contributed by atoms with van der Waals surface area (Å²) >= 11 is 0. The Hall–Kier alpha value is -4.01. The van der Waals surface area contributed by atoms with Crippen LogP contribution in [0.4, 0.5) is 5.95 Å². The van der Waals surface area contributed by atoms with Crippen LogP contribution in [0.25, 0.3) is 11.4 Å². The van der Waals surface area contributed by atoms with E-state index in [-0.39, 0.29) is 11.2 Å². The average molecular weight is 491 g/mol. The zero-order valence-corrected chi connectivity index (χ0v) is 21.3. The number of ketones is 1. The lowest BCUT2D eigenvalue weighted by Crippen LogP contribution is -2.36. The van der Waals surface area contributed by atoms with Crippen LogP contribution in [0.15, 0.2) is 47.7 Å². The van der Waals surface area contributed by atoms with E-state index in [0.717, 1.165) is 29.0 Å². The summed E-state index contributed by atoms with van der Waals surface area (Å²) in [4.78, 5) is 18.3. The number of nitrogens with zero attached hydrogens (tertiary/aromatic N) is 3. The molecule has 2 heterocycles. The number of ether oxygens (including phenoxy) is 4. The standard InChI is InChI=1S/C27H30N4O5/c1-27(2)13-18-22(19(32)14-27)23(15-7-9-17(33-3)10-8-15)31-26(28-18)29-25(30-31)16-11-20(34-4)24(36-6)21(12-16)35-5/h7-12,23H,13-14H2,1-6H3,(H,28,29,30)/t23-/m1/s1. The van der Waals surface area contributed by atoms with E-state index in [4.69, 9.17) is 29.0 Å². The first-order valence-corrected chi connectivity index (χ1v) is 11.7. The van der Waals surface area contributed by atoms with E-state index in [9.17, 15) is 4.79 Å². The molecule has 1 aliphatic carbocycles. The molecule has 9 heteroatoms. The van der Waals surface area contributed by atoms with Crippen LogP contribution in [0, 0.1) is 5.41 Å². The number of carbonyl (C=O) groups excluding carboxylic acids is 1. The quantitative estimate of drug-likeness (QED) is 0.534. The van der Waals surface area contributed by atoms with Crippen molar-refractivity contribution in [3.05, 3.63) is 53.2 Å². The van der Waals surface area contributed by atoms with Crippen molar-refractivity contribution in [1.29, 1.82) is 0 Å². The fraction of sp³-hybridized carbons (Fsp3) is 0.370. The van der Waals surface area contributed by atoms with Crippen molar-refractivity contribution in [3.8, 4) is 34.4 Å². The number of anilines is 1. The maximum absolute atomic E-state index is 13.4. The lowest BCUT2D eigenvalue weighted by molar-refractivity contribution is -0.118. The van der Waals surface area contributed by atoms with Crippen LogP contribution >= 0.6 is 0 Å². The Morgan fingerprint density at radius 2 is 1.61 bits per heavy atom. The van der Waals surface area contributed by atoms with Crippen LogP contribution in [0.1, 0.15) is 38.3 Å². The molecule has 0 saturated heterocycles. The summed E-state index contributed by atoms with van der Waals surface area (Å²) in [6.07, 6.45) is 1.22. The summed E-state index contributed by atoms with van der Waals surface area (Å²) in [5.74, 6) is 3.42. The van der Waals surface area contributed by atoms with Gasteiger partial charge in [-0.25, -0.2) is 4.68 Å². The number of hydrogen-bond acceptors (Lipinski definition) is 8. The summed E-state index contributed by atoms with van der Waals surface area (Å²) in [5.41, 5.74) is 3.11. The molecule has 188 valence electrons. The third-order valence-corrected chi connectivity index (χ3v) is 6.69. The molecule has 0 amide bonds. The monoisotopic (exact) mass is 490 g/mol. The van der Waals surface area contributed by atoms with E-state index in [1.807, 2.05) is 36.4 Å². The molecule has 9 nitrogen and oxygen atoms in total. The summed E-state index contributed by atoms with van der Waals surface area (Å²) in [6.45, 7) is 4.22. The van der Waals surface area contributed by atoms with Gasteiger partial charge in [0.05, 0.1) is 28.4 Å². The molecule has 3 aromatic rings. The van der Waals surface area contributed by atoms with E-state index in [2.05, 4.69) is 19.2 Å². The molecule has 2 aromatic carbocycles. The fourth-order valence-corrected chi connectivity index (χ4v) is 5.04. The number of methoxy groups -OCH3 is 4. The smallest absolute Gasteiger partial charge is 0.226 e. The lowest BCUT2D eigenvalue weighted by Gasteiger charge is -2.38. The Balaban J connectivity index is 1.66. The van der Waals surface area contributed by atoms with Gasteiger partial charge in [-0.1, -0.05) is 26.0 Å². The second-order valence-corrected chi connectivity index (χ2v) is 9.75.